The topological polar surface area (TPSA) is 52.8 Å². The van der Waals surface area contributed by atoms with Crippen LogP contribution in [0, 0.1) is 6.92 Å². The average molecular weight is 230 g/mol. The second kappa shape index (κ2) is 4.78. The fourth-order valence-corrected chi connectivity index (χ4v) is 1.48. The maximum Gasteiger partial charge on any atom is 0.138 e. The van der Waals surface area contributed by atoms with Gasteiger partial charge in [0.15, 0.2) is 0 Å². The molecule has 0 amide bonds. The molecule has 2 rings (SSSR count). The number of hydrogen-bond donors (Lipinski definition) is 0. The smallest absolute Gasteiger partial charge is 0.138 e. The summed E-state index contributed by atoms with van der Waals surface area (Å²) in [5.74, 6) is 1.40. The van der Waals surface area contributed by atoms with E-state index in [1.807, 2.05) is 26.0 Å². The summed E-state index contributed by atoms with van der Waals surface area (Å²) in [6.07, 6.45) is 3.24. The summed E-state index contributed by atoms with van der Waals surface area (Å²) < 4.78 is 7.01. The Labute approximate surface area is 99.8 Å². The molecule has 0 radical (unpaired) electrons. The molecule has 0 spiro atoms. The highest BCUT2D eigenvalue weighted by Crippen LogP contribution is 2.13. The van der Waals surface area contributed by atoms with Crippen LogP contribution in [0.5, 0.6) is 0 Å². The van der Waals surface area contributed by atoms with E-state index < -0.39 is 0 Å². The molecule has 2 aromatic heterocycles. The lowest BCUT2D eigenvalue weighted by Crippen LogP contribution is -2.01. The summed E-state index contributed by atoms with van der Waals surface area (Å²) in [5, 5.41) is 4.11. The Hall–Kier alpha value is -2.17. The zero-order valence-corrected chi connectivity index (χ0v) is 9.92. The zero-order valence-electron chi connectivity index (χ0n) is 9.92. The lowest BCUT2D eigenvalue weighted by Gasteiger charge is -2.07. The van der Waals surface area contributed by atoms with E-state index in [4.69, 9.17) is 4.74 Å². The molecular weight excluding hydrogens is 216 g/mol. The van der Waals surface area contributed by atoms with Crippen molar-refractivity contribution in [2.45, 2.75) is 13.8 Å². The third-order valence-electron chi connectivity index (χ3n) is 2.31. The fourth-order valence-electron chi connectivity index (χ4n) is 1.48. The Balaban J connectivity index is 2.25. The van der Waals surface area contributed by atoms with Crippen molar-refractivity contribution in [3.05, 3.63) is 42.8 Å². The van der Waals surface area contributed by atoms with E-state index in [9.17, 15) is 0 Å². The minimum atomic E-state index is 0.578. The predicted octanol–water partition coefficient (Wildman–Crippen LogP) is 1.98. The number of pyridine rings is 1. The van der Waals surface area contributed by atoms with Crippen molar-refractivity contribution in [2.75, 3.05) is 6.61 Å². The monoisotopic (exact) mass is 230 g/mol. The molecule has 0 saturated carbocycles. The van der Waals surface area contributed by atoms with Crippen molar-refractivity contribution in [3.8, 4) is 5.69 Å². The first kappa shape index (κ1) is 11.3. The molecule has 0 aromatic carbocycles. The Morgan fingerprint density at radius 1 is 1.41 bits per heavy atom. The van der Waals surface area contributed by atoms with E-state index in [0.717, 1.165) is 17.2 Å². The SMILES string of the molecule is C=C(OCC)c1ccc(-n2ncnc2C)cn1. The lowest BCUT2D eigenvalue weighted by molar-refractivity contribution is 0.298. The number of hydrogen-bond acceptors (Lipinski definition) is 4. The lowest BCUT2D eigenvalue weighted by atomic mass is 10.3. The Morgan fingerprint density at radius 2 is 2.24 bits per heavy atom. The molecule has 0 bridgehead atoms. The Morgan fingerprint density at radius 3 is 2.76 bits per heavy atom. The van der Waals surface area contributed by atoms with Gasteiger partial charge in [-0.1, -0.05) is 6.58 Å². The van der Waals surface area contributed by atoms with E-state index in [-0.39, 0.29) is 0 Å². The largest absolute Gasteiger partial charge is 0.492 e. The first-order valence-corrected chi connectivity index (χ1v) is 5.37. The van der Waals surface area contributed by atoms with Crippen molar-refractivity contribution >= 4 is 5.76 Å². The van der Waals surface area contributed by atoms with Gasteiger partial charge in [0.25, 0.3) is 0 Å². The van der Waals surface area contributed by atoms with Crippen molar-refractivity contribution in [3.63, 3.8) is 0 Å². The zero-order chi connectivity index (χ0) is 12.3. The van der Waals surface area contributed by atoms with Crippen molar-refractivity contribution in [1.29, 1.82) is 0 Å². The molecule has 2 aromatic rings. The fraction of sp³-hybridized carbons (Fsp3) is 0.250. The third-order valence-corrected chi connectivity index (χ3v) is 2.31. The molecule has 17 heavy (non-hydrogen) atoms. The number of aromatic nitrogens is 4. The molecule has 5 heteroatoms. The van der Waals surface area contributed by atoms with Crippen LogP contribution in [0.2, 0.25) is 0 Å². The van der Waals surface area contributed by atoms with Gasteiger partial charge in [0, 0.05) is 0 Å². The first-order valence-electron chi connectivity index (χ1n) is 5.37. The van der Waals surface area contributed by atoms with Crippen LogP contribution in [0.25, 0.3) is 11.4 Å². The highest BCUT2D eigenvalue weighted by atomic mass is 16.5. The van der Waals surface area contributed by atoms with Crippen LogP contribution >= 0.6 is 0 Å². The van der Waals surface area contributed by atoms with Crippen LogP contribution in [0.4, 0.5) is 0 Å². The molecule has 0 saturated heterocycles. The molecule has 0 atom stereocenters. The summed E-state index contributed by atoms with van der Waals surface area (Å²) in [6.45, 7) is 8.20. The minimum Gasteiger partial charge on any atom is -0.492 e. The van der Waals surface area contributed by atoms with Crippen LogP contribution in [0.15, 0.2) is 31.2 Å². The molecule has 0 fully saturated rings. The van der Waals surface area contributed by atoms with Gasteiger partial charge in [0.2, 0.25) is 0 Å². The van der Waals surface area contributed by atoms with Crippen LogP contribution in [0.1, 0.15) is 18.4 Å². The van der Waals surface area contributed by atoms with Gasteiger partial charge < -0.3 is 4.74 Å². The van der Waals surface area contributed by atoms with Gasteiger partial charge >= 0.3 is 0 Å². The van der Waals surface area contributed by atoms with Gasteiger partial charge in [0.1, 0.15) is 23.6 Å². The van der Waals surface area contributed by atoms with Gasteiger partial charge in [-0.3, -0.25) is 4.98 Å². The second-order valence-corrected chi connectivity index (χ2v) is 3.48. The summed E-state index contributed by atoms with van der Waals surface area (Å²) in [5.41, 5.74) is 1.60. The number of aryl methyl sites for hydroxylation is 1. The van der Waals surface area contributed by atoms with Gasteiger partial charge in [-0.2, -0.15) is 5.10 Å². The maximum atomic E-state index is 5.29. The number of nitrogens with zero attached hydrogens (tertiary/aromatic N) is 4. The molecule has 5 nitrogen and oxygen atoms in total. The molecule has 88 valence electrons. The second-order valence-electron chi connectivity index (χ2n) is 3.48. The summed E-state index contributed by atoms with van der Waals surface area (Å²) in [4.78, 5) is 8.34. The van der Waals surface area contributed by atoms with Crippen LogP contribution in [-0.2, 0) is 4.74 Å². The predicted molar refractivity (Wildman–Crippen MR) is 64.6 cm³/mol. The summed E-state index contributed by atoms with van der Waals surface area (Å²) in [7, 11) is 0. The molecule has 0 unspecified atom stereocenters. The maximum absolute atomic E-state index is 5.29. The molecular formula is C12H14N4O. The van der Waals surface area contributed by atoms with Gasteiger partial charge in [-0.05, 0) is 26.0 Å². The number of rotatable bonds is 4. The molecule has 0 aliphatic heterocycles. The normalized spacial score (nSPS) is 10.2. The van der Waals surface area contributed by atoms with E-state index in [0.29, 0.717) is 12.4 Å². The number of ether oxygens (including phenoxy) is 1. The van der Waals surface area contributed by atoms with Crippen molar-refractivity contribution < 1.29 is 4.74 Å². The standard InChI is InChI=1S/C12H14N4O/c1-4-17-9(2)12-6-5-11(7-13-12)16-10(3)14-8-15-16/h5-8H,2,4H2,1,3H3. The molecule has 2 heterocycles. The Bertz CT molecular complexity index is 516. The van der Waals surface area contributed by atoms with Crippen molar-refractivity contribution in [1.82, 2.24) is 19.7 Å². The molecule has 0 aliphatic rings. The summed E-state index contributed by atoms with van der Waals surface area (Å²) in [6, 6.07) is 3.77. The van der Waals surface area contributed by atoms with Crippen LogP contribution in [-0.4, -0.2) is 26.4 Å². The van der Waals surface area contributed by atoms with Gasteiger partial charge in [0.05, 0.1) is 18.5 Å². The summed E-state index contributed by atoms with van der Waals surface area (Å²) >= 11 is 0. The van der Waals surface area contributed by atoms with Crippen molar-refractivity contribution in [2.24, 2.45) is 0 Å². The van der Waals surface area contributed by atoms with E-state index >= 15 is 0 Å². The van der Waals surface area contributed by atoms with Gasteiger partial charge in [-0.15, -0.1) is 0 Å². The van der Waals surface area contributed by atoms with Crippen LogP contribution < -0.4 is 0 Å². The van der Waals surface area contributed by atoms with E-state index in [1.165, 1.54) is 6.33 Å². The highest BCUT2D eigenvalue weighted by molar-refractivity contribution is 5.54. The van der Waals surface area contributed by atoms with E-state index in [1.54, 1.807) is 10.9 Å². The first-order chi connectivity index (χ1) is 8.22. The highest BCUT2D eigenvalue weighted by Gasteiger charge is 2.04. The van der Waals surface area contributed by atoms with Gasteiger partial charge in [-0.25, -0.2) is 9.67 Å². The minimum absolute atomic E-state index is 0.578. The Kier molecular flexibility index (Phi) is 3.18. The van der Waals surface area contributed by atoms with Crippen LogP contribution in [0.3, 0.4) is 0 Å². The molecule has 0 N–H and O–H groups in total. The quantitative estimate of drug-likeness (QED) is 0.753. The average Bonchev–Trinajstić information content (AvgIpc) is 2.76. The molecule has 0 aliphatic carbocycles. The third kappa shape index (κ3) is 2.33. The van der Waals surface area contributed by atoms with E-state index in [2.05, 4.69) is 21.6 Å².